The molecule has 3 nitrogen and oxygen atoms in total. The molecule has 1 aliphatic heterocycles. The van der Waals surface area contributed by atoms with Crippen LogP contribution in [0.1, 0.15) is 49.3 Å². The Kier molecular flexibility index (Phi) is 5.28. The minimum atomic E-state index is 0.244. The first kappa shape index (κ1) is 15.0. The van der Waals surface area contributed by atoms with E-state index in [-0.39, 0.29) is 6.10 Å². The molecule has 1 aliphatic carbocycles. The van der Waals surface area contributed by atoms with Gasteiger partial charge in [-0.2, -0.15) is 0 Å². The number of ether oxygens (including phenoxy) is 1. The third-order valence-electron chi connectivity index (χ3n) is 4.98. The third-order valence-corrected chi connectivity index (χ3v) is 4.98. The maximum atomic E-state index is 6.10. The summed E-state index contributed by atoms with van der Waals surface area (Å²) in [6, 6.07) is 9.53. The maximum absolute atomic E-state index is 6.10. The Morgan fingerprint density at radius 1 is 1.19 bits per heavy atom. The van der Waals surface area contributed by atoms with Crippen molar-refractivity contribution in [3.05, 3.63) is 35.4 Å². The van der Waals surface area contributed by atoms with Crippen molar-refractivity contribution in [3.63, 3.8) is 0 Å². The minimum absolute atomic E-state index is 0.244. The van der Waals surface area contributed by atoms with E-state index in [1.54, 1.807) is 0 Å². The summed E-state index contributed by atoms with van der Waals surface area (Å²) in [5.41, 5.74) is 8.60. The number of hydrogen-bond donors (Lipinski definition) is 1. The second kappa shape index (κ2) is 7.39. The molecular weight excluding hydrogens is 260 g/mol. The molecule has 1 unspecified atom stereocenters. The van der Waals surface area contributed by atoms with Crippen LogP contribution >= 0.6 is 0 Å². The van der Waals surface area contributed by atoms with Gasteiger partial charge in [0.1, 0.15) is 0 Å². The highest BCUT2D eigenvalue weighted by Gasteiger charge is 2.28. The zero-order valence-electron chi connectivity index (χ0n) is 13.0. The predicted octanol–water partition coefficient (Wildman–Crippen LogP) is 2.89. The van der Waals surface area contributed by atoms with E-state index in [2.05, 4.69) is 29.2 Å². The highest BCUT2D eigenvalue weighted by molar-refractivity contribution is 5.31. The fraction of sp³-hybridized carbons (Fsp3) is 0.667. The molecule has 0 amide bonds. The van der Waals surface area contributed by atoms with Crippen molar-refractivity contribution in [2.24, 2.45) is 5.73 Å². The van der Waals surface area contributed by atoms with Crippen molar-refractivity contribution in [1.82, 2.24) is 4.90 Å². The summed E-state index contributed by atoms with van der Waals surface area (Å²) < 4.78 is 6.10. The van der Waals surface area contributed by atoms with Gasteiger partial charge in [-0.05, 0) is 49.9 Å². The molecule has 0 bridgehead atoms. The Labute approximate surface area is 128 Å². The van der Waals surface area contributed by atoms with E-state index in [4.69, 9.17) is 10.5 Å². The second-order valence-electron chi connectivity index (χ2n) is 6.38. The van der Waals surface area contributed by atoms with Gasteiger partial charge in [0.15, 0.2) is 0 Å². The second-order valence-corrected chi connectivity index (χ2v) is 6.38. The first-order valence-electron chi connectivity index (χ1n) is 8.52. The molecule has 0 radical (unpaired) electrons. The lowest BCUT2D eigenvalue weighted by Gasteiger charge is -2.35. The van der Waals surface area contributed by atoms with Crippen LogP contribution in [-0.2, 0) is 11.2 Å². The summed E-state index contributed by atoms with van der Waals surface area (Å²) >= 11 is 0. The molecule has 1 fully saturated rings. The van der Waals surface area contributed by atoms with Crippen molar-refractivity contribution in [1.29, 1.82) is 0 Å². The maximum Gasteiger partial charge on any atom is 0.0954 e. The minimum Gasteiger partial charge on any atom is -0.372 e. The number of rotatable bonds is 6. The fourth-order valence-corrected chi connectivity index (χ4v) is 3.83. The monoisotopic (exact) mass is 288 g/mol. The normalized spacial score (nSPS) is 22.7. The van der Waals surface area contributed by atoms with Crippen LogP contribution < -0.4 is 5.73 Å². The highest BCUT2D eigenvalue weighted by atomic mass is 16.5. The van der Waals surface area contributed by atoms with E-state index >= 15 is 0 Å². The Morgan fingerprint density at radius 2 is 2.00 bits per heavy atom. The molecule has 0 saturated heterocycles. The topological polar surface area (TPSA) is 38.5 Å². The van der Waals surface area contributed by atoms with E-state index < -0.39 is 0 Å². The van der Waals surface area contributed by atoms with Crippen molar-refractivity contribution >= 4 is 0 Å². The van der Waals surface area contributed by atoms with Gasteiger partial charge < -0.3 is 10.5 Å². The zero-order valence-corrected chi connectivity index (χ0v) is 13.0. The average Bonchev–Trinajstić information content (AvgIpc) is 3.06. The molecular formula is C18H28N2O. The van der Waals surface area contributed by atoms with Crippen molar-refractivity contribution in [3.8, 4) is 0 Å². The molecule has 1 aromatic rings. The molecule has 0 spiro atoms. The Balaban J connectivity index is 1.70. The first-order chi connectivity index (χ1) is 10.4. The molecule has 1 aromatic carbocycles. The number of nitrogens with zero attached hydrogens (tertiary/aromatic N) is 1. The van der Waals surface area contributed by atoms with Gasteiger partial charge in [0.2, 0.25) is 0 Å². The predicted molar refractivity (Wildman–Crippen MR) is 86.3 cm³/mol. The molecule has 1 saturated carbocycles. The van der Waals surface area contributed by atoms with E-state index in [0.29, 0.717) is 0 Å². The van der Waals surface area contributed by atoms with E-state index in [0.717, 1.165) is 45.1 Å². The third kappa shape index (κ3) is 3.65. The van der Waals surface area contributed by atoms with Gasteiger partial charge >= 0.3 is 0 Å². The molecule has 1 atom stereocenters. The molecule has 3 heteroatoms. The Hall–Kier alpha value is -0.900. The highest BCUT2D eigenvalue weighted by Crippen LogP contribution is 2.31. The van der Waals surface area contributed by atoms with Crippen LogP contribution in [0.25, 0.3) is 0 Å². The van der Waals surface area contributed by atoms with Crippen LogP contribution in [0, 0.1) is 0 Å². The molecule has 1 heterocycles. The lowest BCUT2D eigenvalue weighted by molar-refractivity contribution is 0.00617. The van der Waals surface area contributed by atoms with Crippen LogP contribution in [0.5, 0.6) is 0 Å². The summed E-state index contributed by atoms with van der Waals surface area (Å²) in [5.74, 6) is 0. The summed E-state index contributed by atoms with van der Waals surface area (Å²) in [6.07, 6.45) is 7.84. The van der Waals surface area contributed by atoms with Gasteiger partial charge in [-0.15, -0.1) is 0 Å². The van der Waals surface area contributed by atoms with Crippen molar-refractivity contribution in [2.45, 2.75) is 50.7 Å². The number of fused-ring (bicyclic) bond motifs is 1. The summed E-state index contributed by atoms with van der Waals surface area (Å²) in [5, 5.41) is 0. The fourth-order valence-electron chi connectivity index (χ4n) is 3.83. The van der Waals surface area contributed by atoms with Gasteiger partial charge in [0.05, 0.1) is 12.7 Å². The Bertz CT molecular complexity index is 443. The molecule has 3 rings (SSSR count). The molecule has 2 N–H and O–H groups in total. The smallest absolute Gasteiger partial charge is 0.0954 e. The van der Waals surface area contributed by atoms with Crippen LogP contribution in [-0.4, -0.2) is 37.2 Å². The Morgan fingerprint density at radius 3 is 2.81 bits per heavy atom. The molecule has 21 heavy (non-hydrogen) atoms. The van der Waals surface area contributed by atoms with Gasteiger partial charge in [-0.3, -0.25) is 4.90 Å². The van der Waals surface area contributed by atoms with E-state index in [9.17, 15) is 0 Å². The largest absolute Gasteiger partial charge is 0.372 e. The van der Waals surface area contributed by atoms with Crippen molar-refractivity contribution < 1.29 is 4.74 Å². The number of nitrogens with two attached hydrogens (primary N) is 1. The number of benzene rings is 1. The lowest BCUT2D eigenvalue weighted by atomic mass is 9.97. The summed E-state index contributed by atoms with van der Waals surface area (Å²) in [4.78, 5) is 2.65. The van der Waals surface area contributed by atoms with Crippen LogP contribution in [0.2, 0.25) is 0 Å². The number of hydrogen-bond acceptors (Lipinski definition) is 3. The van der Waals surface area contributed by atoms with E-state index in [1.807, 2.05) is 0 Å². The quantitative estimate of drug-likeness (QED) is 0.875. The van der Waals surface area contributed by atoms with Crippen LogP contribution in [0.15, 0.2) is 24.3 Å². The summed E-state index contributed by atoms with van der Waals surface area (Å²) in [6.45, 7) is 3.78. The van der Waals surface area contributed by atoms with Gasteiger partial charge in [-0.1, -0.05) is 37.1 Å². The summed E-state index contributed by atoms with van der Waals surface area (Å²) in [7, 11) is 0. The van der Waals surface area contributed by atoms with Crippen LogP contribution in [0.4, 0.5) is 0 Å². The molecule has 0 aromatic heterocycles. The molecule has 116 valence electrons. The standard InChI is InChI=1S/C18H28N2O/c19-11-5-12-20(16-7-2-3-8-16)14-18-17-9-4-1-6-15(17)10-13-21-18/h1,4,6,9,16,18H,2-3,5,7-8,10-14,19H2. The average molecular weight is 288 g/mol. The van der Waals surface area contributed by atoms with Gasteiger partial charge in [0, 0.05) is 12.6 Å². The SMILES string of the molecule is NCCCN(CC1OCCc2ccccc21)C1CCCC1. The lowest BCUT2D eigenvalue weighted by Crippen LogP contribution is -2.39. The first-order valence-corrected chi connectivity index (χ1v) is 8.52. The van der Waals surface area contributed by atoms with Gasteiger partial charge in [-0.25, -0.2) is 0 Å². The van der Waals surface area contributed by atoms with E-state index in [1.165, 1.54) is 36.8 Å². The van der Waals surface area contributed by atoms with Crippen molar-refractivity contribution in [2.75, 3.05) is 26.2 Å². The molecule has 2 aliphatic rings. The van der Waals surface area contributed by atoms with Gasteiger partial charge in [0.25, 0.3) is 0 Å². The van der Waals surface area contributed by atoms with Crippen LogP contribution in [0.3, 0.4) is 0 Å². The zero-order chi connectivity index (χ0) is 14.5.